The van der Waals surface area contributed by atoms with Crippen LogP contribution < -0.4 is 5.32 Å². The van der Waals surface area contributed by atoms with E-state index in [0.29, 0.717) is 6.04 Å². The molecule has 52 valence electrons. The van der Waals surface area contributed by atoms with E-state index in [9.17, 15) is 0 Å². The first kappa shape index (κ1) is 6.81. The predicted molar refractivity (Wildman–Crippen MR) is 40.4 cm³/mol. The largest absolute Gasteiger partial charge is 0.310 e. The lowest BCUT2D eigenvalue weighted by Gasteiger charge is -2.07. The average molecular weight is 125 g/mol. The molecule has 0 aliphatic carbocycles. The van der Waals surface area contributed by atoms with Gasteiger partial charge in [-0.05, 0) is 25.8 Å². The van der Waals surface area contributed by atoms with Crippen LogP contribution in [0.3, 0.4) is 0 Å². The summed E-state index contributed by atoms with van der Waals surface area (Å²) in [5.74, 6) is 0.840. The number of rotatable bonds is 1. The van der Waals surface area contributed by atoms with E-state index < -0.39 is 0 Å². The van der Waals surface area contributed by atoms with Crippen LogP contribution in [0.5, 0.6) is 0 Å². The number of hydrogen-bond donors (Lipinski definition) is 1. The minimum absolute atomic E-state index is 0.597. The zero-order chi connectivity index (χ0) is 6.85. The maximum atomic E-state index is 3.91. The Bertz CT molecular complexity index is 118. The van der Waals surface area contributed by atoms with Crippen molar-refractivity contribution < 1.29 is 0 Å². The monoisotopic (exact) mass is 125 g/mol. The smallest absolute Gasteiger partial charge is 0.0277 e. The van der Waals surface area contributed by atoms with Gasteiger partial charge in [-0.15, -0.1) is 0 Å². The normalized spacial score (nSPS) is 34.9. The lowest BCUT2D eigenvalue weighted by atomic mass is 10.0. The lowest BCUT2D eigenvalue weighted by Crippen LogP contribution is -2.21. The molecular weight excluding hydrogens is 110 g/mol. The summed E-state index contributed by atoms with van der Waals surface area (Å²) in [7, 11) is 0. The van der Waals surface area contributed by atoms with Gasteiger partial charge in [0, 0.05) is 6.04 Å². The summed E-state index contributed by atoms with van der Waals surface area (Å²) in [6, 6.07) is 0.597. The van der Waals surface area contributed by atoms with Crippen molar-refractivity contribution in [2.24, 2.45) is 5.92 Å². The molecule has 1 rings (SSSR count). The third kappa shape index (κ3) is 1.55. The third-order valence-electron chi connectivity index (χ3n) is 1.95. The van der Waals surface area contributed by atoms with Gasteiger partial charge < -0.3 is 5.32 Å². The van der Waals surface area contributed by atoms with Gasteiger partial charge in [-0.1, -0.05) is 19.1 Å². The molecule has 0 spiro atoms. The minimum atomic E-state index is 0.597. The molecule has 2 unspecified atom stereocenters. The van der Waals surface area contributed by atoms with Crippen LogP contribution in [0.2, 0.25) is 0 Å². The highest BCUT2D eigenvalue weighted by Gasteiger charge is 2.19. The quantitative estimate of drug-likeness (QED) is 0.524. The molecule has 0 bridgehead atoms. The van der Waals surface area contributed by atoms with Gasteiger partial charge in [-0.25, -0.2) is 0 Å². The molecule has 0 aromatic heterocycles. The van der Waals surface area contributed by atoms with Crippen molar-refractivity contribution >= 4 is 0 Å². The van der Waals surface area contributed by atoms with E-state index in [1.807, 2.05) is 0 Å². The first-order valence-electron chi connectivity index (χ1n) is 3.59. The van der Waals surface area contributed by atoms with Crippen molar-refractivity contribution in [3.63, 3.8) is 0 Å². The van der Waals surface area contributed by atoms with E-state index in [-0.39, 0.29) is 0 Å². The fourth-order valence-corrected chi connectivity index (χ4v) is 1.29. The Hall–Kier alpha value is -0.300. The van der Waals surface area contributed by atoms with Crippen molar-refractivity contribution in [3.8, 4) is 0 Å². The van der Waals surface area contributed by atoms with Crippen LogP contribution in [0, 0.1) is 5.92 Å². The Morgan fingerprint density at radius 3 is 2.56 bits per heavy atom. The summed E-state index contributed by atoms with van der Waals surface area (Å²) in [4.78, 5) is 0. The van der Waals surface area contributed by atoms with Gasteiger partial charge in [0.15, 0.2) is 0 Å². The van der Waals surface area contributed by atoms with Crippen molar-refractivity contribution in [2.45, 2.75) is 26.3 Å². The molecule has 1 heterocycles. The van der Waals surface area contributed by atoms with Gasteiger partial charge in [0.2, 0.25) is 0 Å². The molecule has 1 heteroatoms. The van der Waals surface area contributed by atoms with E-state index >= 15 is 0 Å². The highest BCUT2D eigenvalue weighted by Crippen LogP contribution is 2.16. The highest BCUT2D eigenvalue weighted by atomic mass is 14.9. The summed E-state index contributed by atoms with van der Waals surface area (Å²) >= 11 is 0. The molecule has 0 radical (unpaired) electrons. The molecule has 1 nitrogen and oxygen atoms in total. The van der Waals surface area contributed by atoms with Gasteiger partial charge in [-0.2, -0.15) is 0 Å². The van der Waals surface area contributed by atoms with E-state index in [2.05, 4.69) is 25.7 Å². The van der Waals surface area contributed by atoms with E-state index in [4.69, 9.17) is 0 Å². The van der Waals surface area contributed by atoms with Crippen LogP contribution in [0.1, 0.15) is 20.3 Å². The van der Waals surface area contributed by atoms with Gasteiger partial charge in [0.1, 0.15) is 0 Å². The Balaban J connectivity index is 2.39. The molecule has 1 aliphatic rings. The maximum Gasteiger partial charge on any atom is 0.0277 e. The Labute approximate surface area is 57.1 Å². The summed E-state index contributed by atoms with van der Waals surface area (Å²) in [5, 5.41) is 3.41. The second-order valence-corrected chi connectivity index (χ2v) is 3.15. The third-order valence-corrected chi connectivity index (χ3v) is 1.95. The second kappa shape index (κ2) is 2.53. The molecule has 0 amide bonds. The molecule has 2 atom stereocenters. The minimum Gasteiger partial charge on any atom is -0.310 e. The van der Waals surface area contributed by atoms with Gasteiger partial charge in [-0.3, -0.25) is 0 Å². The average Bonchev–Trinajstić information content (AvgIpc) is 2.14. The molecule has 0 aromatic rings. The molecule has 1 N–H and O–H groups in total. The standard InChI is InChI=1S/C8H15N/c1-6(2)8-4-7(3)5-9-8/h7-9H,1,4-5H2,2-3H3. The maximum absolute atomic E-state index is 3.91. The summed E-state index contributed by atoms with van der Waals surface area (Å²) < 4.78 is 0. The fourth-order valence-electron chi connectivity index (χ4n) is 1.29. The lowest BCUT2D eigenvalue weighted by molar-refractivity contribution is 0.633. The van der Waals surface area contributed by atoms with Crippen molar-refractivity contribution in [1.29, 1.82) is 0 Å². The molecule has 1 aliphatic heterocycles. The predicted octanol–water partition coefficient (Wildman–Crippen LogP) is 1.56. The Kier molecular flexibility index (Phi) is 1.91. The van der Waals surface area contributed by atoms with Crippen LogP contribution in [0.15, 0.2) is 12.2 Å². The van der Waals surface area contributed by atoms with Crippen molar-refractivity contribution in [2.75, 3.05) is 6.54 Å². The molecule has 1 fully saturated rings. The van der Waals surface area contributed by atoms with Gasteiger partial charge >= 0.3 is 0 Å². The molecular formula is C8H15N. The zero-order valence-corrected chi connectivity index (χ0v) is 6.28. The van der Waals surface area contributed by atoms with Gasteiger partial charge in [0.05, 0.1) is 0 Å². The van der Waals surface area contributed by atoms with E-state index in [1.165, 1.54) is 12.0 Å². The van der Waals surface area contributed by atoms with Gasteiger partial charge in [0.25, 0.3) is 0 Å². The Morgan fingerprint density at radius 1 is 1.67 bits per heavy atom. The van der Waals surface area contributed by atoms with Crippen LogP contribution in [0.4, 0.5) is 0 Å². The summed E-state index contributed by atoms with van der Waals surface area (Å²) in [6.07, 6.45) is 1.27. The molecule has 0 saturated carbocycles. The van der Waals surface area contributed by atoms with Crippen LogP contribution >= 0.6 is 0 Å². The molecule has 9 heavy (non-hydrogen) atoms. The fraction of sp³-hybridized carbons (Fsp3) is 0.750. The van der Waals surface area contributed by atoms with Crippen LogP contribution in [-0.2, 0) is 0 Å². The number of nitrogens with one attached hydrogen (secondary N) is 1. The number of hydrogen-bond acceptors (Lipinski definition) is 1. The summed E-state index contributed by atoms with van der Waals surface area (Å²) in [6.45, 7) is 9.44. The zero-order valence-electron chi connectivity index (χ0n) is 6.28. The molecule has 1 saturated heterocycles. The second-order valence-electron chi connectivity index (χ2n) is 3.15. The first-order valence-corrected chi connectivity index (χ1v) is 3.59. The SMILES string of the molecule is C=C(C)C1CC(C)CN1. The van der Waals surface area contributed by atoms with Crippen molar-refractivity contribution in [3.05, 3.63) is 12.2 Å². The van der Waals surface area contributed by atoms with Crippen LogP contribution in [0.25, 0.3) is 0 Å². The topological polar surface area (TPSA) is 12.0 Å². The van der Waals surface area contributed by atoms with Crippen molar-refractivity contribution in [1.82, 2.24) is 5.32 Å². The van der Waals surface area contributed by atoms with E-state index in [0.717, 1.165) is 12.5 Å². The molecule has 0 aromatic carbocycles. The Morgan fingerprint density at radius 2 is 2.33 bits per heavy atom. The summed E-state index contributed by atoms with van der Waals surface area (Å²) in [5.41, 5.74) is 1.28. The highest BCUT2D eigenvalue weighted by molar-refractivity contribution is 5.04. The first-order chi connectivity index (χ1) is 4.20. The van der Waals surface area contributed by atoms with Crippen LogP contribution in [-0.4, -0.2) is 12.6 Å². The van der Waals surface area contributed by atoms with E-state index in [1.54, 1.807) is 0 Å².